The number of rotatable bonds is 2. The van der Waals surface area contributed by atoms with Gasteiger partial charge in [0.05, 0.1) is 35.8 Å². The third-order valence-corrected chi connectivity index (χ3v) is 5.28. The summed E-state index contributed by atoms with van der Waals surface area (Å²) in [7, 11) is 1.38. The summed E-state index contributed by atoms with van der Waals surface area (Å²) in [6.45, 7) is 0. The smallest absolute Gasteiger partial charge is 0.490 e. The van der Waals surface area contributed by atoms with Gasteiger partial charge in [-0.25, -0.2) is 23.9 Å². The summed E-state index contributed by atoms with van der Waals surface area (Å²) in [4.78, 5) is 34.2. The molecule has 4 aromatic rings. The minimum Gasteiger partial charge on any atom is -0.494 e. The van der Waals surface area contributed by atoms with E-state index in [4.69, 9.17) is 24.5 Å². The first kappa shape index (κ1) is 31.8. The molecule has 1 aliphatic heterocycles. The molecule has 224 valence electrons. The molecular weight excluding hydrogens is 597 g/mol. The molecule has 0 saturated heterocycles. The van der Waals surface area contributed by atoms with Gasteiger partial charge in [0, 0.05) is 23.5 Å². The number of aromatic nitrogens is 4. The molecule has 0 radical (unpaired) electrons. The lowest BCUT2D eigenvalue weighted by molar-refractivity contribution is -0.193. The van der Waals surface area contributed by atoms with E-state index in [2.05, 4.69) is 25.3 Å². The first-order chi connectivity index (χ1) is 20.1. The Morgan fingerprint density at radius 2 is 1.60 bits per heavy atom. The van der Waals surface area contributed by atoms with Crippen molar-refractivity contribution in [3.05, 3.63) is 60.3 Å². The molecule has 0 spiro atoms. The Labute approximate surface area is 235 Å². The normalized spacial score (nSPS) is 11.3. The Balaban J connectivity index is 0.000000303. The highest BCUT2D eigenvalue weighted by atomic mass is 19.4. The van der Waals surface area contributed by atoms with Crippen LogP contribution < -0.4 is 10.1 Å². The zero-order chi connectivity index (χ0) is 32.1. The van der Waals surface area contributed by atoms with Crippen LogP contribution in [0.25, 0.3) is 33.9 Å². The van der Waals surface area contributed by atoms with Gasteiger partial charge >= 0.3 is 24.3 Å². The maximum Gasteiger partial charge on any atom is 0.490 e. The van der Waals surface area contributed by atoms with Crippen LogP contribution in [-0.2, 0) is 9.59 Å². The number of carboxylic acid groups (broad SMARTS) is 2. The van der Waals surface area contributed by atoms with E-state index in [0.29, 0.717) is 17.2 Å². The number of benzene rings is 1. The van der Waals surface area contributed by atoms with Gasteiger partial charge in [-0.15, -0.1) is 0 Å². The van der Waals surface area contributed by atoms with Crippen LogP contribution in [0.15, 0.2) is 48.9 Å². The van der Waals surface area contributed by atoms with Crippen LogP contribution in [0, 0.1) is 17.1 Å². The van der Waals surface area contributed by atoms with Crippen LogP contribution in [0.3, 0.4) is 0 Å². The Morgan fingerprint density at radius 1 is 0.977 bits per heavy atom. The van der Waals surface area contributed by atoms with Gasteiger partial charge < -0.3 is 25.3 Å². The van der Waals surface area contributed by atoms with Crippen LogP contribution in [-0.4, -0.2) is 61.5 Å². The zero-order valence-electron chi connectivity index (χ0n) is 21.2. The average molecular weight is 612 g/mol. The number of carboxylic acids is 2. The molecule has 1 aliphatic rings. The minimum absolute atomic E-state index is 0.0407. The number of nitrogens with zero attached hydrogens (tertiary/aromatic N) is 4. The van der Waals surface area contributed by atoms with Crippen molar-refractivity contribution >= 4 is 23.4 Å². The second kappa shape index (κ2) is 12.4. The summed E-state index contributed by atoms with van der Waals surface area (Å²) < 4.78 is 83.6. The predicted molar refractivity (Wildman–Crippen MR) is 132 cm³/mol. The highest BCUT2D eigenvalue weighted by Gasteiger charge is 2.39. The molecule has 0 saturated carbocycles. The predicted octanol–water partition coefficient (Wildman–Crippen LogP) is 5.54. The molecule has 4 N–H and O–H groups in total. The second-order valence-corrected chi connectivity index (χ2v) is 7.98. The van der Waals surface area contributed by atoms with E-state index in [0.717, 1.165) is 16.8 Å². The monoisotopic (exact) mass is 612 g/mol. The Hall–Kier alpha value is -5.73. The van der Waals surface area contributed by atoms with Gasteiger partial charge in [-0.3, -0.25) is 4.98 Å². The summed E-state index contributed by atoms with van der Waals surface area (Å²) in [6, 6.07) is 10.5. The van der Waals surface area contributed by atoms with Crippen molar-refractivity contribution in [1.82, 2.24) is 19.9 Å². The fourth-order valence-electron chi connectivity index (χ4n) is 3.46. The van der Waals surface area contributed by atoms with Crippen LogP contribution in [0.4, 0.5) is 42.2 Å². The lowest BCUT2D eigenvalue weighted by Gasteiger charge is -2.09. The van der Waals surface area contributed by atoms with E-state index in [1.54, 1.807) is 24.7 Å². The summed E-state index contributed by atoms with van der Waals surface area (Å²) in [5, 5.41) is 27.0. The number of fused-ring (bicyclic) bond motifs is 5. The molecule has 5 rings (SSSR count). The highest BCUT2D eigenvalue weighted by Crippen LogP contribution is 2.43. The Kier molecular flexibility index (Phi) is 9.18. The number of anilines is 2. The minimum atomic E-state index is -5.08. The van der Waals surface area contributed by atoms with Gasteiger partial charge in [0.2, 0.25) is 0 Å². The van der Waals surface area contributed by atoms with E-state index >= 15 is 4.39 Å². The quantitative estimate of drug-likeness (QED) is 0.185. The van der Waals surface area contributed by atoms with E-state index in [1.165, 1.54) is 19.2 Å². The number of H-pyrrole nitrogens is 1. The largest absolute Gasteiger partial charge is 0.494 e. The van der Waals surface area contributed by atoms with Crippen molar-refractivity contribution in [2.75, 3.05) is 12.4 Å². The number of carbonyl (C=O) groups is 2. The summed E-state index contributed by atoms with van der Waals surface area (Å²) in [5.41, 5.74) is 3.82. The van der Waals surface area contributed by atoms with Crippen molar-refractivity contribution in [1.29, 1.82) is 5.26 Å². The highest BCUT2D eigenvalue weighted by molar-refractivity contribution is 5.95. The third kappa shape index (κ3) is 7.13. The number of methoxy groups -OCH3 is 1. The molecule has 0 amide bonds. The molecule has 43 heavy (non-hydrogen) atoms. The maximum absolute atomic E-state index is 15.1. The number of ether oxygens (including phenoxy) is 1. The Morgan fingerprint density at radius 3 is 2.16 bits per heavy atom. The van der Waals surface area contributed by atoms with Gasteiger partial charge in [0.25, 0.3) is 0 Å². The van der Waals surface area contributed by atoms with E-state index in [-0.39, 0.29) is 22.7 Å². The van der Waals surface area contributed by atoms with Crippen molar-refractivity contribution in [2.24, 2.45) is 0 Å². The van der Waals surface area contributed by atoms with Crippen LogP contribution in [0.2, 0.25) is 0 Å². The number of aromatic amines is 1. The van der Waals surface area contributed by atoms with Gasteiger partial charge in [0.15, 0.2) is 11.6 Å². The van der Waals surface area contributed by atoms with E-state index in [1.807, 2.05) is 18.2 Å². The maximum atomic E-state index is 15.1. The number of hydrogen-bond acceptors (Lipinski definition) is 8. The summed E-state index contributed by atoms with van der Waals surface area (Å²) in [6.07, 6.45) is -5.13. The number of nitriles is 1. The number of aliphatic carboxylic acids is 2. The molecule has 0 unspecified atom stereocenters. The fraction of sp³-hybridized carbons (Fsp3) is 0.120. The number of pyridine rings is 2. The SMILES string of the molecule is COc1ccc(C#N)c(-c2nc3c([nH]2)-c2ccncc2Nc2ncccc2-3)c1F.O=C(O)C(F)(F)F.O=C(O)C(F)(F)F. The lowest BCUT2D eigenvalue weighted by Crippen LogP contribution is -2.21. The molecular formula is C25H15F7N6O5. The summed E-state index contributed by atoms with van der Waals surface area (Å²) >= 11 is 0. The number of alkyl halides is 6. The van der Waals surface area contributed by atoms with Crippen molar-refractivity contribution in [3.8, 4) is 45.7 Å². The van der Waals surface area contributed by atoms with Crippen molar-refractivity contribution in [2.45, 2.75) is 12.4 Å². The average Bonchev–Trinajstić information content (AvgIpc) is 3.32. The van der Waals surface area contributed by atoms with Gasteiger partial charge in [-0.2, -0.15) is 31.6 Å². The molecule has 0 fully saturated rings. The number of hydrogen-bond donors (Lipinski definition) is 4. The molecule has 18 heteroatoms. The molecule has 0 bridgehead atoms. The molecule has 3 aromatic heterocycles. The Bertz CT molecular complexity index is 1630. The third-order valence-electron chi connectivity index (χ3n) is 5.28. The van der Waals surface area contributed by atoms with Gasteiger partial charge in [0.1, 0.15) is 23.4 Å². The van der Waals surface area contributed by atoms with Gasteiger partial charge in [-0.05, 0) is 30.3 Å². The molecule has 11 nitrogen and oxygen atoms in total. The van der Waals surface area contributed by atoms with Crippen LogP contribution >= 0.6 is 0 Å². The zero-order valence-corrected chi connectivity index (χ0v) is 21.2. The molecule has 0 atom stereocenters. The first-order valence-electron chi connectivity index (χ1n) is 11.2. The molecule has 4 heterocycles. The topological polar surface area (TPSA) is 174 Å². The number of nitrogens with one attached hydrogen (secondary N) is 2. The van der Waals surface area contributed by atoms with Crippen molar-refractivity contribution in [3.63, 3.8) is 0 Å². The van der Waals surface area contributed by atoms with E-state index < -0.39 is 30.1 Å². The number of halogens is 7. The molecule has 0 aliphatic carbocycles. The van der Waals surface area contributed by atoms with Crippen LogP contribution in [0.1, 0.15) is 5.56 Å². The van der Waals surface area contributed by atoms with Crippen LogP contribution in [0.5, 0.6) is 5.75 Å². The second-order valence-electron chi connectivity index (χ2n) is 7.98. The van der Waals surface area contributed by atoms with E-state index in [9.17, 15) is 31.6 Å². The summed E-state index contributed by atoms with van der Waals surface area (Å²) in [5.74, 6) is -5.26. The fourth-order valence-corrected chi connectivity index (χ4v) is 3.46. The number of imidazole rings is 1. The first-order valence-corrected chi connectivity index (χ1v) is 11.2. The van der Waals surface area contributed by atoms with Gasteiger partial charge in [-0.1, -0.05) is 0 Å². The lowest BCUT2D eigenvalue weighted by atomic mass is 10.1. The van der Waals surface area contributed by atoms with Crippen molar-refractivity contribution < 1.29 is 55.3 Å². The molecule has 1 aromatic carbocycles. The standard InChI is InChI=1S/C21H13FN6O.2C2HF3O2/c1-29-15-5-4-11(9-23)16(17(15)22)21-27-18-12-6-8-24-10-14(12)26-20-13(19(18)28-21)3-2-7-25-20;2*3-2(4,5)1(6)7/h2-8,10H,1H3,(H,25,26)(H,27,28);2*(H,6,7).